The Morgan fingerprint density at radius 3 is 1.73 bits per heavy atom. The second kappa shape index (κ2) is 10.4. The summed E-state index contributed by atoms with van der Waals surface area (Å²) in [4.78, 5) is 23.8. The van der Waals surface area contributed by atoms with Crippen LogP contribution < -0.4 is 5.56 Å². The topological polar surface area (TPSA) is 130 Å². The lowest BCUT2D eigenvalue weighted by Gasteiger charge is -2.01. The zero-order valence-electron chi connectivity index (χ0n) is 19.3. The third-order valence-electron chi connectivity index (χ3n) is 5.40. The fourth-order valence-corrected chi connectivity index (χ4v) is 3.53. The van der Waals surface area contributed by atoms with Crippen LogP contribution in [0.4, 0.5) is 28.4 Å². The molecule has 0 radical (unpaired) electrons. The van der Waals surface area contributed by atoms with Crippen LogP contribution in [0.5, 0.6) is 0 Å². The van der Waals surface area contributed by atoms with E-state index in [2.05, 4.69) is 25.6 Å². The highest BCUT2D eigenvalue weighted by Gasteiger charge is 2.18. The highest BCUT2D eigenvalue weighted by atomic mass is 16.6. The molecule has 0 spiro atoms. The first kappa shape index (κ1) is 23.2. The largest absolute Gasteiger partial charge is 0.299 e. The summed E-state index contributed by atoms with van der Waals surface area (Å²) in [6, 6.07) is 31.2. The summed E-state index contributed by atoms with van der Waals surface area (Å²) in [6.07, 6.45) is 0. The molecular weight excluding hydrogens is 470 g/mol. The predicted molar refractivity (Wildman–Crippen MR) is 140 cm³/mol. The van der Waals surface area contributed by atoms with Gasteiger partial charge in [-0.05, 0) is 60.7 Å². The first-order valence-corrected chi connectivity index (χ1v) is 11.2. The number of hydrogen-bond acceptors (Lipinski definition) is 7. The minimum atomic E-state index is -0.481. The molecule has 0 aliphatic rings. The summed E-state index contributed by atoms with van der Waals surface area (Å²) in [5.74, 6) is 0. The Balaban J connectivity index is 1.47. The number of aromatic amines is 1. The number of rotatable bonds is 7. The highest BCUT2D eigenvalue weighted by Crippen LogP contribution is 2.30. The van der Waals surface area contributed by atoms with Crippen LogP contribution in [0.1, 0.15) is 0 Å². The van der Waals surface area contributed by atoms with E-state index in [0.29, 0.717) is 28.3 Å². The highest BCUT2D eigenvalue weighted by molar-refractivity contribution is 5.72. The maximum atomic E-state index is 13.3. The minimum Gasteiger partial charge on any atom is -0.288 e. The summed E-state index contributed by atoms with van der Waals surface area (Å²) >= 11 is 0. The molecule has 5 aromatic rings. The Morgan fingerprint density at radius 1 is 0.649 bits per heavy atom. The molecule has 4 aromatic carbocycles. The lowest BCUT2D eigenvalue weighted by Crippen LogP contribution is -2.13. The van der Waals surface area contributed by atoms with Gasteiger partial charge in [-0.2, -0.15) is 15.3 Å². The Kier molecular flexibility index (Phi) is 6.53. The van der Waals surface area contributed by atoms with Crippen molar-refractivity contribution in [2.24, 2.45) is 20.5 Å². The van der Waals surface area contributed by atoms with E-state index in [9.17, 15) is 14.9 Å². The number of hydrogen-bond donors (Lipinski definition) is 1. The van der Waals surface area contributed by atoms with Crippen LogP contribution in [-0.2, 0) is 0 Å². The lowest BCUT2D eigenvalue weighted by atomic mass is 10.1. The summed E-state index contributed by atoms with van der Waals surface area (Å²) in [5, 5.41) is 31.0. The number of nitrogens with one attached hydrogen (secondary N) is 1. The molecule has 1 heterocycles. The maximum absolute atomic E-state index is 13.3. The van der Waals surface area contributed by atoms with E-state index in [1.54, 1.807) is 48.5 Å². The summed E-state index contributed by atoms with van der Waals surface area (Å²) in [6.45, 7) is 0. The number of azo groups is 2. The number of aromatic nitrogens is 2. The lowest BCUT2D eigenvalue weighted by molar-refractivity contribution is -0.384. The second-order valence-corrected chi connectivity index (χ2v) is 7.87. The average molecular weight is 489 g/mol. The molecular formula is C27H19N7O3. The van der Waals surface area contributed by atoms with Crippen LogP contribution in [0.2, 0.25) is 0 Å². The van der Waals surface area contributed by atoms with Gasteiger partial charge in [-0.15, -0.1) is 5.11 Å². The van der Waals surface area contributed by atoms with Crippen molar-refractivity contribution in [3.63, 3.8) is 0 Å². The van der Waals surface area contributed by atoms with Gasteiger partial charge in [-0.25, -0.2) is 4.68 Å². The third kappa shape index (κ3) is 5.28. The maximum Gasteiger partial charge on any atom is 0.299 e. The number of nitro groups is 1. The standard InChI is InChI=1S/C27H19N7O3/c35-27-26(31-30-22-15-13-21(14-16-22)29-28-20-7-3-1-4-8-20)25(19-11-17-24(18-12-19)34(36)37)32-33(27)23-9-5-2-6-10-23/h1-18,32H. The molecule has 0 saturated heterocycles. The van der Waals surface area contributed by atoms with Gasteiger partial charge in [0.15, 0.2) is 5.69 Å². The van der Waals surface area contributed by atoms with Crippen LogP contribution in [0.15, 0.2) is 134 Å². The molecule has 0 aliphatic carbocycles. The van der Waals surface area contributed by atoms with Gasteiger partial charge in [0.2, 0.25) is 0 Å². The van der Waals surface area contributed by atoms with Gasteiger partial charge in [-0.3, -0.25) is 20.0 Å². The van der Waals surface area contributed by atoms with Gasteiger partial charge in [0.1, 0.15) is 0 Å². The van der Waals surface area contributed by atoms with E-state index in [1.165, 1.54) is 16.8 Å². The fourth-order valence-electron chi connectivity index (χ4n) is 3.53. The Hall–Kier alpha value is -5.51. The number of nitrogens with zero attached hydrogens (tertiary/aromatic N) is 6. The zero-order valence-corrected chi connectivity index (χ0v) is 19.3. The first-order valence-electron chi connectivity index (χ1n) is 11.2. The van der Waals surface area contributed by atoms with E-state index in [4.69, 9.17) is 0 Å². The van der Waals surface area contributed by atoms with Crippen molar-refractivity contribution >= 4 is 28.4 Å². The average Bonchev–Trinajstić information content (AvgIpc) is 3.28. The number of benzene rings is 4. The molecule has 0 atom stereocenters. The minimum absolute atomic E-state index is 0.0544. The van der Waals surface area contributed by atoms with Crippen molar-refractivity contribution in [2.45, 2.75) is 0 Å². The SMILES string of the molecule is O=c1c(N=Nc2ccc(N=Nc3ccccc3)cc2)c(-c2ccc([N+](=O)[O-])cc2)[nH]n1-c1ccccc1. The molecule has 0 fully saturated rings. The quantitative estimate of drug-likeness (QED) is 0.144. The molecule has 0 saturated carbocycles. The van der Waals surface area contributed by atoms with Crippen LogP contribution in [0, 0.1) is 10.1 Å². The smallest absolute Gasteiger partial charge is 0.288 e. The molecule has 1 aromatic heterocycles. The molecule has 5 rings (SSSR count). The van der Waals surface area contributed by atoms with Crippen molar-refractivity contribution in [1.29, 1.82) is 0 Å². The van der Waals surface area contributed by atoms with Crippen molar-refractivity contribution in [3.8, 4) is 16.9 Å². The number of H-pyrrole nitrogens is 1. The molecule has 0 amide bonds. The van der Waals surface area contributed by atoms with Crippen molar-refractivity contribution < 1.29 is 4.92 Å². The molecule has 10 heteroatoms. The predicted octanol–water partition coefficient (Wildman–Crippen LogP) is 7.57. The van der Waals surface area contributed by atoms with Crippen LogP contribution in [-0.4, -0.2) is 14.7 Å². The fraction of sp³-hybridized carbons (Fsp3) is 0. The number of non-ortho nitro benzene ring substituents is 1. The van der Waals surface area contributed by atoms with E-state index >= 15 is 0 Å². The van der Waals surface area contributed by atoms with Gasteiger partial charge in [0.25, 0.3) is 11.2 Å². The van der Waals surface area contributed by atoms with Crippen LogP contribution >= 0.6 is 0 Å². The van der Waals surface area contributed by atoms with Gasteiger partial charge in [0, 0.05) is 17.7 Å². The van der Waals surface area contributed by atoms with Crippen LogP contribution in [0.25, 0.3) is 16.9 Å². The van der Waals surface area contributed by atoms with Gasteiger partial charge in [0.05, 0.1) is 33.4 Å². The van der Waals surface area contributed by atoms with Crippen molar-refractivity contribution in [3.05, 3.63) is 130 Å². The normalized spacial score (nSPS) is 11.4. The molecule has 180 valence electrons. The summed E-state index contributed by atoms with van der Waals surface area (Å²) < 4.78 is 1.36. The summed E-state index contributed by atoms with van der Waals surface area (Å²) in [7, 11) is 0. The van der Waals surface area contributed by atoms with E-state index in [0.717, 1.165) is 5.69 Å². The van der Waals surface area contributed by atoms with Crippen molar-refractivity contribution in [2.75, 3.05) is 0 Å². The third-order valence-corrected chi connectivity index (χ3v) is 5.40. The van der Waals surface area contributed by atoms with Gasteiger partial charge >= 0.3 is 0 Å². The Bertz CT molecular complexity index is 1640. The monoisotopic (exact) mass is 489 g/mol. The molecule has 1 N–H and O–H groups in total. The molecule has 37 heavy (non-hydrogen) atoms. The molecule has 0 bridgehead atoms. The van der Waals surface area contributed by atoms with E-state index in [1.807, 2.05) is 48.5 Å². The Morgan fingerprint density at radius 2 is 1.16 bits per heavy atom. The van der Waals surface area contributed by atoms with Crippen molar-refractivity contribution in [1.82, 2.24) is 9.78 Å². The van der Waals surface area contributed by atoms with Crippen LogP contribution in [0.3, 0.4) is 0 Å². The molecule has 10 nitrogen and oxygen atoms in total. The zero-order chi connectivity index (χ0) is 25.6. The van der Waals surface area contributed by atoms with E-state index in [-0.39, 0.29) is 11.4 Å². The Labute approximate surface area is 210 Å². The summed E-state index contributed by atoms with van der Waals surface area (Å²) in [5.41, 5.74) is 3.08. The van der Waals surface area contributed by atoms with Gasteiger partial charge < -0.3 is 0 Å². The number of nitro benzene ring substituents is 1. The first-order chi connectivity index (χ1) is 18.1. The number of para-hydroxylation sites is 1. The van der Waals surface area contributed by atoms with E-state index < -0.39 is 10.5 Å². The molecule has 0 aliphatic heterocycles. The second-order valence-electron chi connectivity index (χ2n) is 7.87. The van der Waals surface area contributed by atoms with Gasteiger partial charge in [-0.1, -0.05) is 36.4 Å². The molecule has 0 unspecified atom stereocenters.